The van der Waals surface area contributed by atoms with Crippen LogP contribution in [0.25, 0.3) is 0 Å². The number of carbonyl (C=O) groups is 1. The van der Waals surface area contributed by atoms with Gasteiger partial charge >= 0.3 is 0 Å². The van der Waals surface area contributed by atoms with Gasteiger partial charge in [-0.3, -0.25) is 9.69 Å². The van der Waals surface area contributed by atoms with E-state index in [1.165, 1.54) is 38.5 Å². The molecule has 0 radical (unpaired) electrons. The normalized spacial score (nSPS) is 23.3. The van der Waals surface area contributed by atoms with Crippen molar-refractivity contribution < 1.29 is 4.79 Å². The highest BCUT2D eigenvalue weighted by Crippen LogP contribution is 2.46. The molecule has 2 aliphatic rings. The number of rotatable bonds is 3. The van der Waals surface area contributed by atoms with Crippen LogP contribution in [0.2, 0.25) is 5.02 Å². The van der Waals surface area contributed by atoms with Crippen LogP contribution >= 0.6 is 11.6 Å². The minimum absolute atomic E-state index is 0.0232. The number of piperidine rings is 1. The molecule has 1 spiro atoms. The topological polar surface area (TPSA) is 20.3 Å². The summed E-state index contributed by atoms with van der Waals surface area (Å²) in [6.45, 7) is 4.19. The van der Waals surface area contributed by atoms with Crippen LogP contribution in [0.3, 0.4) is 0 Å². The molecular weight excluding hydrogens is 282 g/mol. The number of hydrogen-bond acceptors (Lipinski definition) is 2. The second-order valence-electron chi connectivity index (χ2n) is 6.79. The van der Waals surface area contributed by atoms with E-state index in [1.807, 2.05) is 19.1 Å². The van der Waals surface area contributed by atoms with Crippen molar-refractivity contribution >= 4 is 17.4 Å². The number of ketones is 1. The van der Waals surface area contributed by atoms with E-state index in [1.54, 1.807) is 12.1 Å². The molecule has 1 aromatic carbocycles. The number of carbonyl (C=O) groups excluding carboxylic acids is 1. The maximum Gasteiger partial charge on any atom is 0.179 e. The average Bonchev–Trinajstić information content (AvgIpc) is 2.96. The summed E-state index contributed by atoms with van der Waals surface area (Å²) in [6, 6.07) is 7.24. The Hall–Kier alpha value is -0.860. The van der Waals surface area contributed by atoms with Gasteiger partial charge < -0.3 is 0 Å². The smallest absolute Gasteiger partial charge is 0.179 e. The van der Waals surface area contributed by atoms with Crippen molar-refractivity contribution in [2.75, 3.05) is 13.1 Å². The van der Waals surface area contributed by atoms with Crippen molar-refractivity contribution in [1.29, 1.82) is 0 Å². The molecule has 1 saturated heterocycles. The van der Waals surface area contributed by atoms with Crippen molar-refractivity contribution in [1.82, 2.24) is 4.90 Å². The molecule has 0 aromatic heterocycles. The van der Waals surface area contributed by atoms with Gasteiger partial charge in [-0.1, -0.05) is 24.4 Å². The van der Waals surface area contributed by atoms with Gasteiger partial charge in [0.05, 0.1) is 6.04 Å². The predicted octanol–water partition coefficient (Wildman–Crippen LogP) is 4.57. The van der Waals surface area contributed by atoms with Crippen LogP contribution in [0.15, 0.2) is 24.3 Å². The Bertz CT molecular complexity index is 494. The maximum absolute atomic E-state index is 12.6. The zero-order valence-corrected chi connectivity index (χ0v) is 13.5. The first kappa shape index (κ1) is 15.1. The molecule has 3 heteroatoms. The molecule has 1 aromatic rings. The zero-order valence-electron chi connectivity index (χ0n) is 12.8. The lowest BCUT2D eigenvalue weighted by Gasteiger charge is -2.41. The third-order valence-corrected chi connectivity index (χ3v) is 5.83. The lowest BCUT2D eigenvalue weighted by molar-refractivity contribution is 0.0621. The van der Waals surface area contributed by atoms with Crippen molar-refractivity contribution in [2.24, 2.45) is 5.41 Å². The van der Waals surface area contributed by atoms with E-state index in [4.69, 9.17) is 11.6 Å². The van der Waals surface area contributed by atoms with E-state index in [-0.39, 0.29) is 11.8 Å². The fourth-order valence-electron chi connectivity index (χ4n) is 4.03. The molecule has 1 unspecified atom stereocenters. The predicted molar refractivity (Wildman–Crippen MR) is 87.0 cm³/mol. The van der Waals surface area contributed by atoms with Crippen molar-refractivity contribution in [3.05, 3.63) is 34.9 Å². The number of likely N-dealkylation sites (tertiary alicyclic amines) is 1. The molecule has 114 valence electrons. The Kier molecular flexibility index (Phi) is 4.37. The lowest BCUT2D eigenvalue weighted by Crippen LogP contribution is -2.46. The van der Waals surface area contributed by atoms with E-state index >= 15 is 0 Å². The molecule has 0 amide bonds. The Labute approximate surface area is 132 Å². The first-order chi connectivity index (χ1) is 10.1. The average molecular weight is 306 g/mol. The van der Waals surface area contributed by atoms with Gasteiger partial charge in [-0.25, -0.2) is 0 Å². The van der Waals surface area contributed by atoms with E-state index in [0.717, 1.165) is 18.7 Å². The Morgan fingerprint density at radius 3 is 2.24 bits per heavy atom. The van der Waals surface area contributed by atoms with Gasteiger partial charge in [0.2, 0.25) is 0 Å². The molecule has 1 saturated carbocycles. The van der Waals surface area contributed by atoms with Gasteiger partial charge in [0.1, 0.15) is 0 Å². The summed E-state index contributed by atoms with van der Waals surface area (Å²) in [7, 11) is 0. The number of nitrogens with zero attached hydrogens (tertiary/aromatic N) is 1. The van der Waals surface area contributed by atoms with Crippen LogP contribution in [0.4, 0.5) is 0 Å². The lowest BCUT2D eigenvalue weighted by atomic mass is 9.76. The molecule has 1 aliphatic heterocycles. The molecule has 2 nitrogen and oxygen atoms in total. The quantitative estimate of drug-likeness (QED) is 0.763. The summed E-state index contributed by atoms with van der Waals surface area (Å²) in [5.41, 5.74) is 1.38. The van der Waals surface area contributed by atoms with Crippen molar-refractivity contribution in [3.8, 4) is 0 Å². The van der Waals surface area contributed by atoms with Gasteiger partial charge in [0.25, 0.3) is 0 Å². The molecular formula is C18H24ClNO. The SMILES string of the molecule is CC(C(=O)c1ccc(Cl)cc1)N1CCC2(CCCC2)CC1. The first-order valence-electron chi connectivity index (χ1n) is 8.14. The zero-order chi connectivity index (χ0) is 14.9. The van der Waals surface area contributed by atoms with E-state index in [2.05, 4.69) is 4.90 Å². The first-order valence-corrected chi connectivity index (χ1v) is 8.51. The standard InChI is InChI=1S/C18H24ClNO/c1-14(17(21)15-4-6-16(19)7-5-15)20-12-10-18(11-13-20)8-2-3-9-18/h4-7,14H,2-3,8-13H2,1H3. The minimum atomic E-state index is -0.0232. The molecule has 0 bridgehead atoms. The maximum atomic E-state index is 12.6. The van der Waals surface area contributed by atoms with Gasteiger partial charge in [-0.15, -0.1) is 0 Å². The summed E-state index contributed by atoms with van der Waals surface area (Å²) in [5, 5.41) is 0.681. The molecule has 1 atom stereocenters. The van der Waals surface area contributed by atoms with Crippen LogP contribution in [0, 0.1) is 5.41 Å². The van der Waals surface area contributed by atoms with Crippen molar-refractivity contribution in [2.45, 2.75) is 51.5 Å². The van der Waals surface area contributed by atoms with Crippen LogP contribution in [0.1, 0.15) is 55.8 Å². The van der Waals surface area contributed by atoms with Crippen molar-refractivity contribution in [3.63, 3.8) is 0 Å². The molecule has 3 rings (SSSR count). The molecule has 1 aliphatic carbocycles. The summed E-state index contributed by atoms with van der Waals surface area (Å²) < 4.78 is 0. The van der Waals surface area contributed by atoms with Gasteiger partial charge in [0.15, 0.2) is 5.78 Å². The van der Waals surface area contributed by atoms with Crippen LogP contribution in [-0.4, -0.2) is 29.8 Å². The summed E-state index contributed by atoms with van der Waals surface area (Å²) >= 11 is 5.89. The highest BCUT2D eigenvalue weighted by molar-refractivity contribution is 6.30. The third-order valence-electron chi connectivity index (χ3n) is 5.58. The van der Waals surface area contributed by atoms with Crippen LogP contribution < -0.4 is 0 Å². The van der Waals surface area contributed by atoms with Gasteiger partial charge in [-0.05, 0) is 75.4 Å². The van der Waals surface area contributed by atoms with Crippen LogP contribution in [0.5, 0.6) is 0 Å². The summed E-state index contributed by atoms with van der Waals surface area (Å²) in [4.78, 5) is 14.9. The van der Waals surface area contributed by atoms with E-state index < -0.39 is 0 Å². The largest absolute Gasteiger partial charge is 0.293 e. The van der Waals surface area contributed by atoms with E-state index in [0.29, 0.717) is 10.4 Å². The molecule has 1 heterocycles. The monoisotopic (exact) mass is 305 g/mol. The summed E-state index contributed by atoms with van der Waals surface area (Å²) in [6.07, 6.45) is 8.15. The number of Topliss-reactive ketones (excluding diaryl/α,β-unsaturated/α-hetero) is 1. The third kappa shape index (κ3) is 3.17. The molecule has 0 N–H and O–H groups in total. The highest BCUT2D eigenvalue weighted by atomic mass is 35.5. The second kappa shape index (κ2) is 6.10. The van der Waals surface area contributed by atoms with Crippen LogP contribution in [-0.2, 0) is 0 Å². The van der Waals surface area contributed by atoms with Gasteiger partial charge in [-0.2, -0.15) is 0 Å². The Morgan fingerprint density at radius 2 is 1.67 bits per heavy atom. The molecule has 2 fully saturated rings. The number of benzene rings is 1. The second-order valence-corrected chi connectivity index (χ2v) is 7.23. The number of hydrogen-bond donors (Lipinski definition) is 0. The Morgan fingerprint density at radius 1 is 1.10 bits per heavy atom. The Balaban J connectivity index is 1.62. The van der Waals surface area contributed by atoms with Gasteiger partial charge in [0, 0.05) is 10.6 Å². The fourth-order valence-corrected chi connectivity index (χ4v) is 4.16. The number of halogens is 1. The fraction of sp³-hybridized carbons (Fsp3) is 0.611. The molecule has 21 heavy (non-hydrogen) atoms. The summed E-state index contributed by atoms with van der Waals surface area (Å²) in [5.74, 6) is 0.217. The minimum Gasteiger partial charge on any atom is -0.293 e. The highest BCUT2D eigenvalue weighted by Gasteiger charge is 2.38. The van der Waals surface area contributed by atoms with E-state index in [9.17, 15) is 4.79 Å².